The van der Waals surface area contributed by atoms with Gasteiger partial charge in [0.2, 0.25) is 0 Å². The van der Waals surface area contributed by atoms with Gasteiger partial charge in [0.15, 0.2) is 0 Å². The molecule has 0 bridgehead atoms. The molecule has 1 saturated heterocycles. The first kappa shape index (κ1) is 21.8. The third-order valence-corrected chi connectivity index (χ3v) is 7.47. The van der Waals surface area contributed by atoms with E-state index in [0.717, 1.165) is 36.7 Å². The number of halogens is 1. The van der Waals surface area contributed by atoms with Crippen LogP contribution in [0.1, 0.15) is 25.3 Å². The first-order valence-electron chi connectivity index (χ1n) is 9.40. The van der Waals surface area contributed by atoms with Gasteiger partial charge in [-0.25, -0.2) is 13.4 Å². The predicted octanol–water partition coefficient (Wildman–Crippen LogP) is 4.05. The summed E-state index contributed by atoms with van der Waals surface area (Å²) in [4.78, 5) is 6.98. The molecule has 2 N–H and O–H groups in total. The molecule has 0 unspecified atom stereocenters. The standard InChI is InChI=1S/C20H24N4O2S2.ClH/c1-14(2)15-3-5-16(6-4-15)23-28(25,26)18-13-27-17-7-8-22-20(19(17)18)24-11-9-21-10-12-24;/h3-8,13-14,21,23H,9-12H2,1-2H3;1H. The van der Waals surface area contributed by atoms with Gasteiger partial charge in [-0.1, -0.05) is 26.0 Å². The van der Waals surface area contributed by atoms with E-state index in [-0.39, 0.29) is 12.4 Å². The molecule has 4 rings (SSSR count). The van der Waals surface area contributed by atoms with E-state index in [1.165, 1.54) is 16.9 Å². The van der Waals surface area contributed by atoms with Gasteiger partial charge in [-0.3, -0.25) is 4.72 Å². The van der Waals surface area contributed by atoms with Crippen LogP contribution in [0.15, 0.2) is 46.8 Å². The van der Waals surface area contributed by atoms with Crippen LogP contribution in [-0.4, -0.2) is 39.6 Å². The van der Waals surface area contributed by atoms with Crippen molar-refractivity contribution >= 4 is 55.4 Å². The number of thiophene rings is 1. The van der Waals surface area contributed by atoms with Crippen LogP contribution in [-0.2, 0) is 10.0 Å². The van der Waals surface area contributed by atoms with Crippen molar-refractivity contribution in [2.24, 2.45) is 0 Å². The lowest BCUT2D eigenvalue weighted by atomic mass is 10.0. The molecule has 0 spiro atoms. The average Bonchev–Trinajstić information content (AvgIpc) is 3.14. The van der Waals surface area contributed by atoms with Gasteiger partial charge >= 0.3 is 0 Å². The fraction of sp³-hybridized carbons (Fsp3) is 0.350. The number of nitrogens with zero attached hydrogens (tertiary/aromatic N) is 2. The molecular weight excluding hydrogens is 428 g/mol. The smallest absolute Gasteiger partial charge is 0.263 e. The fourth-order valence-corrected chi connectivity index (χ4v) is 5.95. The molecule has 0 aliphatic carbocycles. The zero-order valence-electron chi connectivity index (χ0n) is 16.4. The highest BCUT2D eigenvalue weighted by Gasteiger charge is 2.25. The highest BCUT2D eigenvalue weighted by molar-refractivity contribution is 7.93. The maximum absolute atomic E-state index is 13.2. The van der Waals surface area contributed by atoms with Gasteiger partial charge in [0, 0.05) is 48.1 Å². The van der Waals surface area contributed by atoms with Crippen LogP contribution in [0.5, 0.6) is 0 Å². The van der Waals surface area contributed by atoms with Gasteiger partial charge in [-0.15, -0.1) is 23.7 Å². The molecule has 0 atom stereocenters. The Morgan fingerprint density at radius 1 is 1.14 bits per heavy atom. The molecule has 6 nitrogen and oxygen atoms in total. The number of piperazine rings is 1. The molecular formula is C20H25ClN4O2S2. The third-order valence-electron chi connectivity index (χ3n) is 4.97. The molecule has 1 fully saturated rings. The third kappa shape index (κ3) is 4.50. The van der Waals surface area contributed by atoms with Crippen LogP contribution in [0.3, 0.4) is 0 Å². The summed E-state index contributed by atoms with van der Waals surface area (Å²) >= 11 is 1.43. The normalized spacial score (nSPS) is 14.8. The Morgan fingerprint density at radius 2 is 1.83 bits per heavy atom. The molecule has 0 radical (unpaired) electrons. The lowest BCUT2D eigenvalue weighted by Crippen LogP contribution is -2.44. The largest absolute Gasteiger partial charge is 0.353 e. The van der Waals surface area contributed by atoms with E-state index in [2.05, 4.69) is 33.8 Å². The highest BCUT2D eigenvalue weighted by Crippen LogP contribution is 2.36. The van der Waals surface area contributed by atoms with Gasteiger partial charge in [-0.2, -0.15) is 0 Å². The SMILES string of the molecule is CC(C)c1ccc(NS(=O)(=O)c2csc3ccnc(N4CCNCC4)c23)cc1.Cl. The van der Waals surface area contributed by atoms with E-state index in [4.69, 9.17) is 0 Å². The Kier molecular flexibility index (Phi) is 6.68. The average molecular weight is 453 g/mol. The van der Waals surface area contributed by atoms with Crippen molar-refractivity contribution in [3.63, 3.8) is 0 Å². The van der Waals surface area contributed by atoms with Crippen LogP contribution in [0, 0.1) is 0 Å². The van der Waals surface area contributed by atoms with Gasteiger partial charge in [0.05, 0.1) is 5.39 Å². The van der Waals surface area contributed by atoms with Gasteiger partial charge in [-0.05, 0) is 29.7 Å². The van der Waals surface area contributed by atoms with Crippen LogP contribution >= 0.6 is 23.7 Å². The molecule has 1 aromatic carbocycles. The molecule has 0 saturated carbocycles. The molecule has 29 heavy (non-hydrogen) atoms. The monoisotopic (exact) mass is 452 g/mol. The van der Waals surface area contributed by atoms with Crippen molar-refractivity contribution < 1.29 is 8.42 Å². The summed E-state index contributed by atoms with van der Waals surface area (Å²) in [6.07, 6.45) is 1.75. The second kappa shape index (κ2) is 8.87. The molecule has 0 amide bonds. The Labute approximate surface area is 181 Å². The summed E-state index contributed by atoms with van der Waals surface area (Å²) in [6.45, 7) is 7.58. The Morgan fingerprint density at radius 3 is 2.48 bits per heavy atom. The van der Waals surface area contributed by atoms with Gasteiger partial charge in [0.1, 0.15) is 10.7 Å². The quantitative estimate of drug-likeness (QED) is 0.610. The molecule has 1 aliphatic heterocycles. The van der Waals surface area contributed by atoms with Crippen LogP contribution < -0.4 is 14.9 Å². The number of fused-ring (bicyclic) bond motifs is 1. The number of nitrogens with one attached hydrogen (secondary N) is 2. The fourth-order valence-electron chi connectivity index (χ4n) is 3.40. The first-order chi connectivity index (χ1) is 13.5. The van der Waals surface area contributed by atoms with Crippen molar-refractivity contribution in [1.29, 1.82) is 0 Å². The maximum atomic E-state index is 13.2. The number of anilines is 2. The van der Waals surface area contributed by atoms with Crippen LogP contribution in [0.2, 0.25) is 0 Å². The lowest BCUT2D eigenvalue weighted by Gasteiger charge is -2.29. The second-order valence-electron chi connectivity index (χ2n) is 7.23. The Balaban J connectivity index is 0.00000240. The van der Waals surface area contributed by atoms with Gasteiger partial charge < -0.3 is 10.2 Å². The van der Waals surface area contributed by atoms with Crippen LogP contribution in [0.4, 0.5) is 11.5 Å². The van der Waals surface area contributed by atoms with E-state index in [1.807, 2.05) is 30.3 Å². The van der Waals surface area contributed by atoms with Crippen LogP contribution in [0.25, 0.3) is 10.1 Å². The van der Waals surface area contributed by atoms with Crippen molar-refractivity contribution in [3.8, 4) is 0 Å². The first-order valence-corrected chi connectivity index (χ1v) is 11.8. The summed E-state index contributed by atoms with van der Waals surface area (Å²) in [7, 11) is -3.71. The number of hydrogen-bond acceptors (Lipinski definition) is 6. The van der Waals surface area contributed by atoms with E-state index >= 15 is 0 Å². The van der Waals surface area contributed by atoms with E-state index < -0.39 is 10.0 Å². The second-order valence-corrected chi connectivity index (χ2v) is 9.79. The molecule has 156 valence electrons. The zero-order chi connectivity index (χ0) is 19.7. The Hall–Kier alpha value is -1.87. The number of pyridine rings is 1. The maximum Gasteiger partial charge on any atom is 0.263 e. The van der Waals surface area contributed by atoms with Crippen molar-refractivity contribution in [3.05, 3.63) is 47.5 Å². The van der Waals surface area contributed by atoms with E-state index in [1.54, 1.807) is 11.6 Å². The topological polar surface area (TPSA) is 74.3 Å². The molecule has 1 aliphatic rings. The summed E-state index contributed by atoms with van der Waals surface area (Å²) < 4.78 is 30.0. The zero-order valence-corrected chi connectivity index (χ0v) is 18.8. The predicted molar refractivity (Wildman–Crippen MR) is 123 cm³/mol. The molecule has 9 heteroatoms. The molecule has 3 aromatic rings. The van der Waals surface area contributed by atoms with Crippen molar-refractivity contribution in [2.45, 2.75) is 24.7 Å². The minimum atomic E-state index is -3.71. The summed E-state index contributed by atoms with van der Waals surface area (Å²) in [6, 6.07) is 9.43. The van der Waals surface area contributed by atoms with E-state index in [9.17, 15) is 8.42 Å². The van der Waals surface area contributed by atoms with Crippen molar-refractivity contribution in [1.82, 2.24) is 10.3 Å². The number of benzene rings is 1. The number of aromatic nitrogens is 1. The summed E-state index contributed by atoms with van der Waals surface area (Å²) in [5.41, 5.74) is 1.74. The number of rotatable bonds is 5. The molecule has 3 heterocycles. The Bertz CT molecular complexity index is 1080. The summed E-state index contributed by atoms with van der Waals surface area (Å²) in [5.74, 6) is 1.15. The van der Waals surface area contributed by atoms with E-state index in [0.29, 0.717) is 21.9 Å². The minimum absolute atomic E-state index is 0. The lowest BCUT2D eigenvalue weighted by molar-refractivity contribution is 0.586. The highest BCUT2D eigenvalue weighted by atomic mass is 35.5. The number of sulfonamides is 1. The minimum Gasteiger partial charge on any atom is -0.353 e. The van der Waals surface area contributed by atoms with Crippen molar-refractivity contribution in [2.75, 3.05) is 35.8 Å². The van der Waals surface area contributed by atoms with Gasteiger partial charge in [0.25, 0.3) is 10.0 Å². The summed E-state index contributed by atoms with van der Waals surface area (Å²) in [5, 5.41) is 5.74. The number of hydrogen-bond donors (Lipinski definition) is 2. The molecule has 2 aromatic heterocycles.